The van der Waals surface area contributed by atoms with Gasteiger partial charge >= 0.3 is 0 Å². The molecule has 108 valence electrons. The van der Waals surface area contributed by atoms with Crippen molar-refractivity contribution >= 4 is 0 Å². The van der Waals surface area contributed by atoms with Gasteiger partial charge in [-0.3, -0.25) is 0 Å². The second-order valence-corrected chi connectivity index (χ2v) is 5.67. The molecule has 0 spiro atoms. The van der Waals surface area contributed by atoms with Gasteiger partial charge in [-0.25, -0.2) is 0 Å². The third-order valence-corrected chi connectivity index (χ3v) is 4.12. The molecule has 0 aromatic rings. The molecule has 4 nitrogen and oxygen atoms in total. The smallest absolute Gasteiger partial charge is 0.0949 e. The minimum atomic E-state index is -0.861. The SMILES string of the molecule is N[C@@H](CCC1CCCCC1)[C@@H](O)[C@@H](O)CCCO. The highest BCUT2D eigenvalue weighted by Crippen LogP contribution is 2.28. The van der Waals surface area contributed by atoms with E-state index in [1.165, 1.54) is 32.1 Å². The first kappa shape index (κ1) is 15.9. The number of rotatable bonds is 8. The quantitative estimate of drug-likeness (QED) is 0.527. The Bertz CT molecular complexity index is 207. The third kappa shape index (κ3) is 5.65. The van der Waals surface area contributed by atoms with E-state index in [0.717, 1.165) is 18.8 Å². The molecule has 1 rings (SSSR count). The molecule has 1 fully saturated rings. The molecular weight excluding hydrogens is 230 g/mol. The molecule has 0 unspecified atom stereocenters. The van der Waals surface area contributed by atoms with Crippen LogP contribution in [0.1, 0.15) is 57.8 Å². The van der Waals surface area contributed by atoms with Crippen LogP contribution in [0.2, 0.25) is 0 Å². The molecular formula is C14H29NO3. The fourth-order valence-corrected chi connectivity index (χ4v) is 2.83. The van der Waals surface area contributed by atoms with Crippen LogP contribution in [0.4, 0.5) is 0 Å². The Kier molecular flexibility index (Phi) is 7.82. The molecule has 5 N–H and O–H groups in total. The first-order valence-corrected chi connectivity index (χ1v) is 7.37. The summed E-state index contributed by atoms with van der Waals surface area (Å²) in [6, 6.07) is -0.347. The maximum Gasteiger partial charge on any atom is 0.0949 e. The van der Waals surface area contributed by atoms with Gasteiger partial charge in [-0.15, -0.1) is 0 Å². The van der Waals surface area contributed by atoms with Crippen molar-refractivity contribution in [2.45, 2.75) is 76.0 Å². The van der Waals surface area contributed by atoms with E-state index in [1.54, 1.807) is 0 Å². The van der Waals surface area contributed by atoms with Crippen molar-refractivity contribution in [2.75, 3.05) is 6.61 Å². The molecule has 18 heavy (non-hydrogen) atoms. The van der Waals surface area contributed by atoms with E-state index in [4.69, 9.17) is 10.8 Å². The molecule has 0 aromatic heterocycles. The average Bonchev–Trinajstić information content (AvgIpc) is 2.42. The van der Waals surface area contributed by atoms with E-state index in [0.29, 0.717) is 12.8 Å². The zero-order chi connectivity index (χ0) is 13.4. The van der Waals surface area contributed by atoms with Crippen LogP contribution < -0.4 is 5.73 Å². The van der Waals surface area contributed by atoms with Crippen LogP contribution in [0.15, 0.2) is 0 Å². The fraction of sp³-hybridized carbons (Fsp3) is 1.00. The summed E-state index contributed by atoms with van der Waals surface area (Å²) in [5.41, 5.74) is 5.93. The molecule has 0 radical (unpaired) electrons. The first-order valence-electron chi connectivity index (χ1n) is 7.37. The van der Waals surface area contributed by atoms with Gasteiger partial charge in [0.2, 0.25) is 0 Å². The lowest BCUT2D eigenvalue weighted by atomic mass is 9.84. The fourth-order valence-electron chi connectivity index (χ4n) is 2.83. The van der Waals surface area contributed by atoms with Crippen molar-refractivity contribution in [1.29, 1.82) is 0 Å². The maximum absolute atomic E-state index is 9.89. The lowest BCUT2D eigenvalue weighted by Crippen LogP contribution is -2.43. The van der Waals surface area contributed by atoms with Gasteiger partial charge in [0.05, 0.1) is 12.2 Å². The van der Waals surface area contributed by atoms with Gasteiger partial charge in [0.15, 0.2) is 0 Å². The van der Waals surface area contributed by atoms with Crippen LogP contribution >= 0.6 is 0 Å². The lowest BCUT2D eigenvalue weighted by Gasteiger charge is -2.27. The highest BCUT2D eigenvalue weighted by Gasteiger charge is 2.24. The summed E-state index contributed by atoms with van der Waals surface area (Å²) in [7, 11) is 0. The van der Waals surface area contributed by atoms with E-state index in [9.17, 15) is 10.2 Å². The van der Waals surface area contributed by atoms with Gasteiger partial charge in [-0.05, 0) is 31.6 Å². The first-order chi connectivity index (χ1) is 8.65. The Balaban J connectivity index is 2.19. The largest absolute Gasteiger partial charge is 0.396 e. The van der Waals surface area contributed by atoms with E-state index in [-0.39, 0.29) is 12.6 Å². The van der Waals surface area contributed by atoms with E-state index in [2.05, 4.69) is 0 Å². The number of nitrogens with two attached hydrogens (primary N) is 1. The summed E-state index contributed by atoms with van der Waals surface area (Å²) in [5, 5.41) is 28.3. The predicted molar refractivity (Wildman–Crippen MR) is 72.1 cm³/mol. The van der Waals surface area contributed by atoms with Crippen LogP contribution in [-0.4, -0.2) is 40.2 Å². The summed E-state index contributed by atoms with van der Waals surface area (Å²) >= 11 is 0. The molecule has 0 amide bonds. The van der Waals surface area contributed by atoms with E-state index in [1.807, 2.05) is 0 Å². The molecule has 1 aliphatic rings. The molecule has 0 bridgehead atoms. The summed E-state index contributed by atoms with van der Waals surface area (Å²) in [4.78, 5) is 0. The van der Waals surface area contributed by atoms with Crippen LogP contribution in [0.3, 0.4) is 0 Å². The molecule has 1 aliphatic carbocycles. The molecule has 0 heterocycles. The van der Waals surface area contributed by atoms with Gasteiger partial charge in [0, 0.05) is 12.6 Å². The summed E-state index contributed by atoms with van der Waals surface area (Å²) < 4.78 is 0. The van der Waals surface area contributed by atoms with Crippen molar-refractivity contribution < 1.29 is 15.3 Å². The molecule has 1 saturated carbocycles. The Labute approximate surface area is 110 Å². The van der Waals surface area contributed by atoms with Gasteiger partial charge in [0.25, 0.3) is 0 Å². The Morgan fingerprint density at radius 2 is 1.72 bits per heavy atom. The lowest BCUT2D eigenvalue weighted by molar-refractivity contribution is -0.00601. The Morgan fingerprint density at radius 1 is 1.06 bits per heavy atom. The third-order valence-electron chi connectivity index (χ3n) is 4.12. The van der Waals surface area contributed by atoms with Crippen LogP contribution in [0.5, 0.6) is 0 Å². The van der Waals surface area contributed by atoms with E-state index < -0.39 is 12.2 Å². The zero-order valence-corrected chi connectivity index (χ0v) is 11.3. The monoisotopic (exact) mass is 259 g/mol. The van der Waals surface area contributed by atoms with E-state index >= 15 is 0 Å². The second-order valence-electron chi connectivity index (χ2n) is 5.67. The van der Waals surface area contributed by atoms with Gasteiger partial charge in [-0.2, -0.15) is 0 Å². The zero-order valence-electron chi connectivity index (χ0n) is 11.3. The number of hydrogen-bond donors (Lipinski definition) is 4. The molecule has 0 aromatic carbocycles. The second kappa shape index (κ2) is 8.86. The summed E-state index contributed by atoms with van der Waals surface area (Å²) in [6.45, 7) is 0.0428. The normalized spacial score (nSPS) is 22.7. The maximum atomic E-state index is 9.89. The van der Waals surface area contributed by atoms with Crippen LogP contribution in [-0.2, 0) is 0 Å². The average molecular weight is 259 g/mol. The number of hydrogen-bond acceptors (Lipinski definition) is 4. The minimum Gasteiger partial charge on any atom is -0.396 e. The molecule has 0 aliphatic heterocycles. The molecule has 0 saturated heterocycles. The summed E-state index contributed by atoms with van der Waals surface area (Å²) in [5.74, 6) is 0.756. The Hall–Kier alpha value is -0.160. The number of aliphatic hydroxyl groups is 3. The van der Waals surface area contributed by atoms with Crippen LogP contribution in [0.25, 0.3) is 0 Å². The highest BCUT2D eigenvalue weighted by atomic mass is 16.3. The van der Waals surface area contributed by atoms with Gasteiger partial charge in [0.1, 0.15) is 0 Å². The van der Waals surface area contributed by atoms with Crippen molar-refractivity contribution in [3.05, 3.63) is 0 Å². The van der Waals surface area contributed by atoms with Gasteiger partial charge < -0.3 is 21.1 Å². The topological polar surface area (TPSA) is 86.7 Å². The standard InChI is InChI=1S/C14H29NO3/c15-12(14(18)13(17)7-4-10-16)9-8-11-5-2-1-3-6-11/h11-14,16-18H,1-10,15H2/t12-,13-,14+/m0/s1. The number of aliphatic hydroxyl groups excluding tert-OH is 3. The molecule has 4 heteroatoms. The highest BCUT2D eigenvalue weighted by molar-refractivity contribution is 4.80. The van der Waals surface area contributed by atoms with Crippen molar-refractivity contribution in [3.8, 4) is 0 Å². The van der Waals surface area contributed by atoms with Gasteiger partial charge in [-0.1, -0.05) is 32.1 Å². The van der Waals surface area contributed by atoms with Crippen molar-refractivity contribution in [2.24, 2.45) is 11.7 Å². The Morgan fingerprint density at radius 3 is 2.33 bits per heavy atom. The van der Waals surface area contributed by atoms with Crippen molar-refractivity contribution in [3.63, 3.8) is 0 Å². The predicted octanol–water partition coefficient (Wildman–Crippen LogP) is 1.17. The minimum absolute atomic E-state index is 0.0428. The van der Waals surface area contributed by atoms with Crippen LogP contribution in [0, 0.1) is 5.92 Å². The summed E-state index contributed by atoms with van der Waals surface area (Å²) in [6.07, 6.45) is 7.66. The van der Waals surface area contributed by atoms with Crippen molar-refractivity contribution in [1.82, 2.24) is 0 Å². The molecule has 3 atom stereocenters.